The van der Waals surface area contributed by atoms with E-state index in [1.165, 1.54) is 0 Å². The summed E-state index contributed by atoms with van der Waals surface area (Å²) < 4.78 is 2.04. The van der Waals surface area contributed by atoms with Gasteiger partial charge in [0.05, 0.1) is 0 Å². The minimum absolute atomic E-state index is 0.123. The van der Waals surface area contributed by atoms with Gasteiger partial charge in [-0.15, -0.1) is 0 Å². The molecule has 4 rings (SSSR count). The van der Waals surface area contributed by atoms with Crippen LogP contribution < -0.4 is 0 Å². The van der Waals surface area contributed by atoms with Crippen LogP contribution in [0.3, 0.4) is 0 Å². The van der Waals surface area contributed by atoms with Gasteiger partial charge in [-0.3, -0.25) is 14.6 Å². The molecule has 2 saturated heterocycles. The summed E-state index contributed by atoms with van der Waals surface area (Å²) in [5, 5.41) is 0. The summed E-state index contributed by atoms with van der Waals surface area (Å²) in [5.74, 6) is 0.352. The van der Waals surface area contributed by atoms with E-state index in [1.807, 2.05) is 51.0 Å². The number of pyridine rings is 1. The number of hydrogen-bond donors (Lipinski definition) is 0. The molecule has 0 radical (unpaired) electrons. The Morgan fingerprint density at radius 2 is 1.97 bits per heavy atom. The summed E-state index contributed by atoms with van der Waals surface area (Å²) in [5.41, 5.74) is 1.97. The van der Waals surface area contributed by atoms with E-state index in [4.69, 9.17) is 0 Å². The molecule has 0 saturated carbocycles. The molecule has 0 aliphatic carbocycles. The molecular formula is C23H30N4O2. The van der Waals surface area contributed by atoms with Gasteiger partial charge in [0.1, 0.15) is 5.69 Å². The van der Waals surface area contributed by atoms with E-state index >= 15 is 0 Å². The monoisotopic (exact) mass is 394 g/mol. The van der Waals surface area contributed by atoms with E-state index in [9.17, 15) is 9.59 Å². The van der Waals surface area contributed by atoms with E-state index in [0.717, 1.165) is 50.2 Å². The number of aromatic nitrogens is 2. The molecule has 2 fully saturated rings. The van der Waals surface area contributed by atoms with Crippen LogP contribution in [0.5, 0.6) is 0 Å². The van der Waals surface area contributed by atoms with Crippen LogP contribution in [0.1, 0.15) is 61.6 Å². The second-order valence-corrected chi connectivity index (χ2v) is 8.80. The molecule has 0 aromatic carbocycles. The van der Waals surface area contributed by atoms with Crippen LogP contribution >= 0.6 is 0 Å². The van der Waals surface area contributed by atoms with Gasteiger partial charge in [0, 0.05) is 57.2 Å². The molecule has 2 aliphatic heterocycles. The third-order valence-corrected chi connectivity index (χ3v) is 6.51. The molecule has 4 heterocycles. The highest BCUT2D eigenvalue weighted by molar-refractivity contribution is 5.93. The van der Waals surface area contributed by atoms with Crippen molar-refractivity contribution in [1.29, 1.82) is 0 Å². The molecule has 2 amide bonds. The molecule has 29 heavy (non-hydrogen) atoms. The van der Waals surface area contributed by atoms with E-state index in [0.29, 0.717) is 13.0 Å². The third-order valence-electron chi connectivity index (χ3n) is 6.51. The van der Waals surface area contributed by atoms with Gasteiger partial charge in [-0.25, -0.2) is 0 Å². The van der Waals surface area contributed by atoms with Gasteiger partial charge >= 0.3 is 0 Å². The van der Waals surface area contributed by atoms with Crippen molar-refractivity contribution < 1.29 is 9.59 Å². The number of carbonyl (C=O) groups excluding carboxylic acids is 2. The Hall–Kier alpha value is -2.63. The predicted octanol–water partition coefficient (Wildman–Crippen LogP) is 3.51. The minimum Gasteiger partial charge on any atom is -0.341 e. The number of piperidine rings is 2. The maximum Gasteiger partial charge on any atom is 0.270 e. The number of carbonyl (C=O) groups is 2. The lowest BCUT2D eigenvalue weighted by Gasteiger charge is -2.47. The Morgan fingerprint density at radius 3 is 2.66 bits per heavy atom. The van der Waals surface area contributed by atoms with E-state index in [-0.39, 0.29) is 23.3 Å². The van der Waals surface area contributed by atoms with Crippen LogP contribution in [-0.4, -0.2) is 50.8 Å². The normalized spacial score (nSPS) is 19.2. The standard InChI is InChI=1S/C23H30N4O2/c1-18(2)27-12-4-6-20(27)22(29)25-13-9-23(10-14-25)8-7-21(28)26(17-23)16-19-5-3-11-24-15-19/h3-6,11-12,15,18H,7-10,13-14,16-17H2,1-2H3. The van der Waals surface area contributed by atoms with E-state index < -0.39 is 0 Å². The summed E-state index contributed by atoms with van der Waals surface area (Å²) in [6.07, 6.45) is 9.01. The van der Waals surface area contributed by atoms with Gasteiger partial charge in [0.25, 0.3) is 5.91 Å². The fraction of sp³-hybridized carbons (Fsp3) is 0.522. The molecule has 6 nitrogen and oxygen atoms in total. The summed E-state index contributed by atoms with van der Waals surface area (Å²) in [6.45, 7) is 7.12. The first-order valence-electron chi connectivity index (χ1n) is 10.6. The lowest BCUT2D eigenvalue weighted by molar-refractivity contribution is -0.139. The van der Waals surface area contributed by atoms with Gasteiger partial charge in [-0.1, -0.05) is 6.07 Å². The van der Waals surface area contributed by atoms with Gasteiger partial charge < -0.3 is 14.4 Å². The van der Waals surface area contributed by atoms with Gasteiger partial charge in [0.15, 0.2) is 0 Å². The van der Waals surface area contributed by atoms with Crippen LogP contribution in [0.2, 0.25) is 0 Å². The first-order chi connectivity index (χ1) is 14.0. The van der Waals surface area contributed by atoms with Crippen molar-refractivity contribution in [2.45, 2.75) is 52.1 Å². The Labute approximate surface area is 172 Å². The highest BCUT2D eigenvalue weighted by Crippen LogP contribution is 2.41. The van der Waals surface area contributed by atoms with Crippen molar-refractivity contribution in [3.63, 3.8) is 0 Å². The summed E-state index contributed by atoms with van der Waals surface area (Å²) >= 11 is 0. The van der Waals surface area contributed by atoms with Crippen molar-refractivity contribution >= 4 is 11.8 Å². The Kier molecular flexibility index (Phi) is 5.43. The van der Waals surface area contributed by atoms with Crippen molar-refractivity contribution in [1.82, 2.24) is 19.4 Å². The van der Waals surface area contributed by atoms with E-state index in [2.05, 4.69) is 18.8 Å². The zero-order valence-electron chi connectivity index (χ0n) is 17.4. The fourth-order valence-corrected chi connectivity index (χ4v) is 4.74. The third kappa shape index (κ3) is 4.07. The lowest BCUT2D eigenvalue weighted by atomic mass is 9.72. The molecule has 154 valence electrons. The smallest absolute Gasteiger partial charge is 0.270 e. The fourth-order valence-electron chi connectivity index (χ4n) is 4.74. The maximum atomic E-state index is 13.0. The number of amides is 2. The van der Waals surface area contributed by atoms with Crippen molar-refractivity contribution in [2.24, 2.45) is 5.41 Å². The SMILES string of the molecule is CC(C)n1cccc1C(=O)N1CCC2(CCC(=O)N(Cc3cccnc3)C2)CC1. The van der Waals surface area contributed by atoms with Crippen molar-refractivity contribution in [2.75, 3.05) is 19.6 Å². The van der Waals surface area contributed by atoms with Crippen LogP contribution in [0, 0.1) is 5.41 Å². The Bertz CT molecular complexity index is 866. The summed E-state index contributed by atoms with van der Waals surface area (Å²) in [6, 6.07) is 8.07. The highest BCUT2D eigenvalue weighted by atomic mass is 16.2. The van der Waals surface area contributed by atoms with Gasteiger partial charge in [0.2, 0.25) is 5.91 Å². The quantitative estimate of drug-likeness (QED) is 0.797. The molecule has 6 heteroatoms. The van der Waals surface area contributed by atoms with Crippen molar-refractivity contribution in [3.8, 4) is 0 Å². The average molecular weight is 395 g/mol. The van der Waals surface area contributed by atoms with Gasteiger partial charge in [-0.2, -0.15) is 0 Å². The summed E-state index contributed by atoms with van der Waals surface area (Å²) in [4.78, 5) is 33.7. The molecule has 0 unspecified atom stereocenters. The predicted molar refractivity (Wildman–Crippen MR) is 111 cm³/mol. The van der Waals surface area contributed by atoms with Crippen LogP contribution in [0.15, 0.2) is 42.9 Å². The first kappa shape index (κ1) is 19.7. The Balaban J connectivity index is 1.41. The maximum absolute atomic E-state index is 13.0. The van der Waals surface area contributed by atoms with E-state index in [1.54, 1.807) is 6.20 Å². The summed E-state index contributed by atoms with van der Waals surface area (Å²) in [7, 11) is 0. The first-order valence-corrected chi connectivity index (χ1v) is 10.6. The molecule has 0 bridgehead atoms. The number of rotatable bonds is 4. The highest BCUT2D eigenvalue weighted by Gasteiger charge is 2.42. The Morgan fingerprint density at radius 1 is 1.17 bits per heavy atom. The lowest BCUT2D eigenvalue weighted by Crippen LogP contribution is -2.52. The average Bonchev–Trinajstić information content (AvgIpc) is 3.22. The number of nitrogens with zero attached hydrogens (tertiary/aromatic N) is 4. The van der Waals surface area contributed by atoms with Crippen molar-refractivity contribution in [3.05, 3.63) is 54.1 Å². The molecular weight excluding hydrogens is 364 g/mol. The topological polar surface area (TPSA) is 58.4 Å². The molecule has 1 spiro atoms. The largest absolute Gasteiger partial charge is 0.341 e. The number of likely N-dealkylation sites (tertiary alicyclic amines) is 2. The zero-order valence-corrected chi connectivity index (χ0v) is 17.4. The molecule has 0 atom stereocenters. The van der Waals surface area contributed by atoms with Crippen LogP contribution in [0.25, 0.3) is 0 Å². The second-order valence-electron chi connectivity index (χ2n) is 8.80. The second kappa shape index (κ2) is 8.01. The number of hydrogen-bond acceptors (Lipinski definition) is 3. The van der Waals surface area contributed by atoms with Gasteiger partial charge in [-0.05, 0) is 62.3 Å². The zero-order chi connectivity index (χ0) is 20.4. The minimum atomic E-state index is 0.123. The molecule has 2 aliphatic rings. The van der Waals surface area contributed by atoms with Crippen LogP contribution in [0.4, 0.5) is 0 Å². The molecule has 0 N–H and O–H groups in total. The molecule has 2 aromatic rings. The molecule has 2 aromatic heterocycles. The van der Waals surface area contributed by atoms with Crippen LogP contribution in [-0.2, 0) is 11.3 Å².